The molecule has 1 fully saturated rings. The molecule has 20 heavy (non-hydrogen) atoms. The average molecular weight is 279 g/mol. The molecule has 0 radical (unpaired) electrons. The fourth-order valence-electron chi connectivity index (χ4n) is 2.38. The van der Waals surface area contributed by atoms with Crippen LogP contribution in [0.4, 0.5) is 0 Å². The van der Waals surface area contributed by atoms with E-state index in [1.807, 2.05) is 12.1 Å². The van der Waals surface area contributed by atoms with E-state index in [1.165, 1.54) is 25.9 Å². The first-order chi connectivity index (χ1) is 9.78. The molecule has 1 heterocycles. The van der Waals surface area contributed by atoms with Gasteiger partial charge in [0.25, 0.3) is 5.91 Å². The molecule has 2 rings (SSSR count). The van der Waals surface area contributed by atoms with Gasteiger partial charge in [-0.05, 0) is 24.3 Å². The Kier molecular flexibility index (Phi) is 5.68. The molecule has 2 N–H and O–H groups in total. The maximum atomic E-state index is 11.6. The minimum Gasteiger partial charge on any atom is -0.497 e. The van der Waals surface area contributed by atoms with E-state index in [9.17, 15) is 4.79 Å². The lowest BCUT2D eigenvalue weighted by atomic mass is 10.3. The molecule has 1 aliphatic rings. The third-order valence-corrected chi connectivity index (χ3v) is 3.54. The maximum absolute atomic E-state index is 11.6. The highest BCUT2D eigenvalue weighted by Crippen LogP contribution is 2.16. The highest BCUT2D eigenvalue weighted by molar-refractivity contribution is 5.77. The molecular formula is C15H23N2O3+. The van der Waals surface area contributed by atoms with Gasteiger partial charge in [0.2, 0.25) is 0 Å². The van der Waals surface area contributed by atoms with Gasteiger partial charge in [0, 0.05) is 12.8 Å². The zero-order valence-electron chi connectivity index (χ0n) is 12.0. The third-order valence-electron chi connectivity index (χ3n) is 3.54. The van der Waals surface area contributed by atoms with Crippen LogP contribution in [0.2, 0.25) is 0 Å². The second-order valence-corrected chi connectivity index (χ2v) is 5.02. The molecule has 110 valence electrons. The molecule has 0 unspecified atom stereocenters. The number of methoxy groups -OCH3 is 1. The number of carbonyl (C=O) groups excluding carboxylic acids is 1. The van der Waals surface area contributed by atoms with Crippen LogP contribution in [0.15, 0.2) is 24.3 Å². The van der Waals surface area contributed by atoms with Crippen LogP contribution >= 0.6 is 0 Å². The molecule has 0 bridgehead atoms. The molecule has 1 aliphatic heterocycles. The monoisotopic (exact) mass is 279 g/mol. The molecule has 0 saturated carbocycles. The fraction of sp³-hybridized carbons (Fsp3) is 0.533. The zero-order valence-corrected chi connectivity index (χ0v) is 12.0. The van der Waals surface area contributed by atoms with Crippen molar-refractivity contribution in [2.75, 3.05) is 39.9 Å². The van der Waals surface area contributed by atoms with Crippen molar-refractivity contribution in [2.24, 2.45) is 0 Å². The summed E-state index contributed by atoms with van der Waals surface area (Å²) < 4.78 is 10.5. The summed E-state index contributed by atoms with van der Waals surface area (Å²) in [4.78, 5) is 13.2. The number of nitrogens with one attached hydrogen (secondary N) is 2. The Morgan fingerprint density at radius 1 is 1.20 bits per heavy atom. The SMILES string of the molecule is COc1ccc(OCC(=O)NCC[NH+]2CCCC2)cc1. The second-order valence-electron chi connectivity index (χ2n) is 5.02. The average Bonchev–Trinajstić information content (AvgIpc) is 2.99. The van der Waals surface area contributed by atoms with Gasteiger partial charge in [0.15, 0.2) is 6.61 Å². The molecular weight excluding hydrogens is 256 g/mol. The lowest BCUT2D eigenvalue weighted by Crippen LogP contribution is -3.10. The van der Waals surface area contributed by atoms with Crippen LogP contribution in [0.5, 0.6) is 11.5 Å². The molecule has 0 aromatic heterocycles. The highest BCUT2D eigenvalue weighted by atomic mass is 16.5. The van der Waals surface area contributed by atoms with Gasteiger partial charge in [-0.2, -0.15) is 0 Å². The lowest BCUT2D eigenvalue weighted by Gasteiger charge is -2.12. The van der Waals surface area contributed by atoms with Crippen molar-refractivity contribution in [2.45, 2.75) is 12.8 Å². The van der Waals surface area contributed by atoms with Crippen LogP contribution < -0.4 is 19.7 Å². The van der Waals surface area contributed by atoms with E-state index in [-0.39, 0.29) is 12.5 Å². The molecule has 1 aromatic carbocycles. The summed E-state index contributed by atoms with van der Waals surface area (Å²) in [6, 6.07) is 7.20. The number of benzene rings is 1. The minimum atomic E-state index is -0.0700. The summed E-state index contributed by atoms with van der Waals surface area (Å²) >= 11 is 0. The zero-order chi connectivity index (χ0) is 14.2. The number of amides is 1. The summed E-state index contributed by atoms with van der Waals surface area (Å²) in [5.41, 5.74) is 0. The van der Waals surface area contributed by atoms with Gasteiger partial charge in [0.05, 0.1) is 33.3 Å². The van der Waals surface area contributed by atoms with E-state index in [0.29, 0.717) is 5.75 Å². The van der Waals surface area contributed by atoms with Crippen LogP contribution in [-0.2, 0) is 4.79 Å². The first kappa shape index (κ1) is 14.7. The molecule has 0 aliphatic carbocycles. The molecule has 1 saturated heterocycles. The number of hydrogen-bond donors (Lipinski definition) is 2. The molecule has 1 amide bonds. The van der Waals surface area contributed by atoms with Crippen molar-refractivity contribution in [3.8, 4) is 11.5 Å². The van der Waals surface area contributed by atoms with Gasteiger partial charge >= 0.3 is 0 Å². The van der Waals surface area contributed by atoms with Crippen LogP contribution in [-0.4, -0.2) is 45.8 Å². The summed E-state index contributed by atoms with van der Waals surface area (Å²) in [5.74, 6) is 1.38. The topological polar surface area (TPSA) is 52.0 Å². The van der Waals surface area contributed by atoms with Crippen molar-refractivity contribution < 1.29 is 19.2 Å². The van der Waals surface area contributed by atoms with Gasteiger partial charge in [-0.1, -0.05) is 0 Å². The van der Waals surface area contributed by atoms with Gasteiger partial charge in [-0.3, -0.25) is 4.79 Å². The first-order valence-electron chi connectivity index (χ1n) is 7.15. The van der Waals surface area contributed by atoms with E-state index in [2.05, 4.69) is 5.32 Å². The molecule has 1 aromatic rings. The quantitative estimate of drug-likeness (QED) is 0.731. The number of hydrogen-bond acceptors (Lipinski definition) is 3. The van der Waals surface area contributed by atoms with Crippen LogP contribution in [0.3, 0.4) is 0 Å². The standard InChI is InChI=1S/C15H22N2O3/c1-19-13-4-6-14(7-5-13)20-12-15(18)16-8-11-17-9-2-3-10-17/h4-7H,2-3,8-12H2,1H3,(H,16,18)/p+1. The Morgan fingerprint density at radius 2 is 1.85 bits per heavy atom. The van der Waals surface area contributed by atoms with Crippen molar-refractivity contribution in [3.05, 3.63) is 24.3 Å². The van der Waals surface area contributed by atoms with Crippen LogP contribution in [0, 0.1) is 0 Å². The fourth-order valence-corrected chi connectivity index (χ4v) is 2.38. The molecule has 0 atom stereocenters. The summed E-state index contributed by atoms with van der Waals surface area (Å²) in [6.45, 7) is 4.26. The summed E-state index contributed by atoms with van der Waals surface area (Å²) in [6.07, 6.45) is 2.62. The van der Waals surface area contributed by atoms with Gasteiger partial charge < -0.3 is 19.7 Å². The largest absolute Gasteiger partial charge is 0.497 e. The van der Waals surface area contributed by atoms with Crippen LogP contribution in [0.1, 0.15) is 12.8 Å². The normalized spacial score (nSPS) is 15.1. The van der Waals surface area contributed by atoms with Crippen LogP contribution in [0.25, 0.3) is 0 Å². The van der Waals surface area contributed by atoms with E-state index in [4.69, 9.17) is 9.47 Å². The number of rotatable bonds is 7. The van der Waals surface area contributed by atoms with Gasteiger partial charge in [0.1, 0.15) is 11.5 Å². The first-order valence-corrected chi connectivity index (χ1v) is 7.15. The summed E-state index contributed by atoms with van der Waals surface area (Å²) in [7, 11) is 1.62. The Balaban J connectivity index is 1.61. The van der Waals surface area contributed by atoms with E-state index in [1.54, 1.807) is 24.1 Å². The Hall–Kier alpha value is -1.75. The predicted octanol–water partition coefficient (Wildman–Crippen LogP) is -0.131. The van der Waals surface area contributed by atoms with E-state index in [0.717, 1.165) is 18.8 Å². The maximum Gasteiger partial charge on any atom is 0.258 e. The van der Waals surface area contributed by atoms with E-state index < -0.39 is 0 Å². The van der Waals surface area contributed by atoms with Crippen molar-refractivity contribution in [3.63, 3.8) is 0 Å². The van der Waals surface area contributed by atoms with Crippen molar-refractivity contribution >= 4 is 5.91 Å². The molecule has 0 spiro atoms. The Labute approximate surface area is 119 Å². The molecule has 5 heteroatoms. The lowest BCUT2D eigenvalue weighted by molar-refractivity contribution is -0.886. The van der Waals surface area contributed by atoms with Gasteiger partial charge in [-0.15, -0.1) is 0 Å². The highest BCUT2D eigenvalue weighted by Gasteiger charge is 2.14. The number of likely N-dealkylation sites (tertiary alicyclic amines) is 1. The second kappa shape index (κ2) is 7.75. The number of ether oxygens (including phenoxy) is 2. The predicted molar refractivity (Wildman–Crippen MR) is 76.3 cm³/mol. The smallest absolute Gasteiger partial charge is 0.258 e. The number of quaternary nitrogens is 1. The summed E-state index contributed by atoms with van der Waals surface area (Å²) in [5, 5.41) is 2.89. The molecule has 5 nitrogen and oxygen atoms in total. The van der Waals surface area contributed by atoms with Crippen molar-refractivity contribution in [1.82, 2.24) is 5.32 Å². The minimum absolute atomic E-state index is 0.0572. The Bertz CT molecular complexity index is 414. The van der Waals surface area contributed by atoms with E-state index >= 15 is 0 Å². The third kappa shape index (κ3) is 4.74. The number of carbonyl (C=O) groups is 1. The van der Waals surface area contributed by atoms with Crippen molar-refractivity contribution in [1.29, 1.82) is 0 Å². The van der Waals surface area contributed by atoms with Gasteiger partial charge in [-0.25, -0.2) is 0 Å². The Morgan fingerprint density at radius 3 is 2.50 bits per heavy atom.